The van der Waals surface area contributed by atoms with Gasteiger partial charge in [-0.1, -0.05) is 0 Å². The smallest absolute Gasteiger partial charge is 0.410 e. The zero-order valence-corrected chi connectivity index (χ0v) is 17.2. The van der Waals surface area contributed by atoms with E-state index in [1.807, 2.05) is 20.8 Å². The molecule has 156 valence electrons. The lowest BCUT2D eigenvalue weighted by atomic mass is 9.90. The van der Waals surface area contributed by atoms with Crippen molar-refractivity contribution in [3.8, 4) is 11.3 Å². The summed E-state index contributed by atoms with van der Waals surface area (Å²) in [6.07, 6.45) is 3.57. The van der Waals surface area contributed by atoms with E-state index in [2.05, 4.69) is 15.1 Å². The lowest BCUT2D eigenvalue weighted by Gasteiger charge is -2.39. The maximum absolute atomic E-state index is 14.3. The number of carbonyl (C=O) groups is 1. The third kappa shape index (κ3) is 3.92. The molecule has 1 fully saturated rings. The van der Waals surface area contributed by atoms with E-state index in [9.17, 15) is 13.6 Å². The molecule has 0 radical (unpaired) electrons. The summed E-state index contributed by atoms with van der Waals surface area (Å²) in [6, 6.07) is -0.00848. The van der Waals surface area contributed by atoms with Crippen LogP contribution in [0.3, 0.4) is 0 Å². The molecular weight excluding hydrogens is 404 g/mol. The molecule has 3 heterocycles. The fourth-order valence-electron chi connectivity index (χ4n) is 3.60. The first kappa shape index (κ1) is 20.0. The van der Waals surface area contributed by atoms with Crippen LogP contribution in [0.15, 0.2) is 12.4 Å². The summed E-state index contributed by atoms with van der Waals surface area (Å²) in [4.78, 5) is 21.7. The third-order valence-electron chi connectivity index (χ3n) is 5.01. The summed E-state index contributed by atoms with van der Waals surface area (Å²) in [7, 11) is 0. The molecule has 2 aliphatic rings. The fourth-order valence-corrected chi connectivity index (χ4v) is 3.77. The minimum absolute atomic E-state index is 0.00848. The molecule has 0 atom stereocenters. The Hall–Kier alpha value is -2.29. The molecule has 29 heavy (non-hydrogen) atoms. The number of fused-ring (bicyclic) bond motifs is 1. The first-order valence-electron chi connectivity index (χ1n) is 9.51. The van der Waals surface area contributed by atoms with Crippen molar-refractivity contribution in [3.63, 3.8) is 0 Å². The van der Waals surface area contributed by atoms with Crippen molar-refractivity contribution >= 4 is 17.7 Å². The summed E-state index contributed by atoms with van der Waals surface area (Å²) in [6.45, 7) is 6.39. The van der Waals surface area contributed by atoms with E-state index in [0.717, 1.165) is 0 Å². The second-order valence-corrected chi connectivity index (χ2v) is 8.81. The number of halogens is 3. The highest BCUT2D eigenvalue weighted by Crippen LogP contribution is 2.42. The first-order valence-corrected chi connectivity index (χ1v) is 9.88. The van der Waals surface area contributed by atoms with Gasteiger partial charge < -0.3 is 9.64 Å². The zero-order chi connectivity index (χ0) is 21.0. The van der Waals surface area contributed by atoms with E-state index in [1.54, 1.807) is 22.0 Å². The van der Waals surface area contributed by atoms with Crippen molar-refractivity contribution in [2.45, 2.75) is 57.6 Å². The van der Waals surface area contributed by atoms with E-state index in [-0.39, 0.29) is 29.5 Å². The molecule has 0 bridgehead atoms. The number of hydrogen-bond donors (Lipinski definition) is 0. The fraction of sp³-hybridized carbons (Fsp3) is 0.579. The molecule has 2 aromatic heterocycles. The molecule has 0 aromatic carbocycles. The Labute approximate surface area is 172 Å². The van der Waals surface area contributed by atoms with Gasteiger partial charge in [-0.2, -0.15) is 13.9 Å². The minimum Gasteiger partial charge on any atom is -0.444 e. The molecule has 7 nitrogen and oxygen atoms in total. The van der Waals surface area contributed by atoms with Gasteiger partial charge in [0.1, 0.15) is 11.3 Å². The van der Waals surface area contributed by atoms with Gasteiger partial charge in [0.2, 0.25) is 5.28 Å². The van der Waals surface area contributed by atoms with Crippen LogP contribution in [0, 0.1) is 0 Å². The zero-order valence-electron chi connectivity index (χ0n) is 16.5. The van der Waals surface area contributed by atoms with Crippen LogP contribution in [0.4, 0.5) is 13.6 Å². The van der Waals surface area contributed by atoms with Crippen LogP contribution in [0.1, 0.15) is 50.9 Å². The molecule has 0 spiro atoms. The quantitative estimate of drug-likeness (QED) is 0.674. The lowest BCUT2D eigenvalue weighted by molar-refractivity contribution is -0.0263. The van der Waals surface area contributed by atoms with Gasteiger partial charge in [-0.3, -0.25) is 4.68 Å². The Balaban J connectivity index is 1.53. The van der Waals surface area contributed by atoms with E-state index in [1.165, 1.54) is 0 Å². The Morgan fingerprint density at radius 1 is 1.31 bits per heavy atom. The second-order valence-electron chi connectivity index (χ2n) is 8.47. The normalized spacial score (nSPS) is 18.9. The largest absolute Gasteiger partial charge is 0.444 e. The van der Waals surface area contributed by atoms with E-state index in [4.69, 9.17) is 16.3 Å². The van der Waals surface area contributed by atoms with Gasteiger partial charge in [0, 0.05) is 36.8 Å². The predicted octanol–water partition coefficient (Wildman–Crippen LogP) is 4.21. The number of amides is 1. The van der Waals surface area contributed by atoms with Crippen LogP contribution < -0.4 is 0 Å². The van der Waals surface area contributed by atoms with E-state index in [0.29, 0.717) is 42.8 Å². The van der Waals surface area contributed by atoms with Crippen LogP contribution in [0.25, 0.3) is 11.3 Å². The highest BCUT2D eigenvalue weighted by molar-refractivity contribution is 6.28. The summed E-state index contributed by atoms with van der Waals surface area (Å²) in [5.41, 5.74) is 0.599. The molecule has 1 amide bonds. The number of hydrogen-bond acceptors (Lipinski definition) is 5. The number of aromatic nitrogens is 4. The first-order chi connectivity index (χ1) is 13.5. The number of alkyl halides is 2. The minimum atomic E-state index is -3.01. The molecule has 0 N–H and O–H groups in total. The summed E-state index contributed by atoms with van der Waals surface area (Å²) in [5, 5.41) is 4.14. The average molecular weight is 426 g/mol. The van der Waals surface area contributed by atoms with Crippen molar-refractivity contribution in [1.29, 1.82) is 0 Å². The van der Waals surface area contributed by atoms with Crippen molar-refractivity contribution in [2.75, 3.05) is 13.1 Å². The van der Waals surface area contributed by atoms with Gasteiger partial charge in [-0.05, 0) is 45.2 Å². The highest BCUT2D eigenvalue weighted by atomic mass is 35.5. The van der Waals surface area contributed by atoms with Crippen molar-refractivity contribution in [2.24, 2.45) is 0 Å². The number of nitrogens with zero attached hydrogens (tertiary/aromatic N) is 5. The standard InChI is InChI=1S/C19H22ClF2N5O2/c1-18(2,3)29-17(28)26-9-12(10-26)27-8-11(7-23-27)14-13-5-4-6-19(21,22)15(13)25-16(20)24-14/h7-8,12H,4-6,9-10H2,1-3H3. The van der Waals surface area contributed by atoms with Gasteiger partial charge >= 0.3 is 6.09 Å². The maximum atomic E-state index is 14.3. The predicted molar refractivity (Wildman–Crippen MR) is 102 cm³/mol. The lowest BCUT2D eigenvalue weighted by Crippen LogP contribution is -2.52. The highest BCUT2D eigenvalue weighted by Gasteiger charge is 2.41. The van der Waals surface area contributed by atoms with Gasteiger partial charge in [0.05, 0.1) is 17.9 Å². The molecule has 4 rings (SSSR count). The van der Waals surface area contributed by atoms with Crippen molar-refractivity contribution in [1.82, 2.24) is 24.6 Å². The Kier molecular flexibility index (Phi) is 4.76. The molecular formula is C19H22ClF2N5O2. The number of carbonyl (C=O) groups excluding carboxylic acids is 1. The molecule has 1 saturated heterocycles. The maximum Gasteiger partial charge on any atom is 0.410 e. The van der Waals surface area contributed by atoms with Crippen LogP contribution in [0.2, 0.25) is 5.28 Å². The number of likely N-dealkylation sites (tertiary alicyclic amines) is 1. The third-order valence-corrected chi connectivity index (χ3v) is 5.18. The number of ether oxygens (including phenoxy) is 1. The topological polar surface area (TPSA) is 73.1 Å². The second kappa shape index (κ2) is 6.90. The molecule has 1 aliphatic heterocycles. The summed E-state index contributed by atoms with van der Waals surface area (Å²) < 4.78 is 35.6. The Morgan fingerprint density at radius 2 is 2.03 bits per heavy atom. The van der Waals surface area contributed by atoms with Crippen LogP contribution in [0.5, 0.6) is 0 Å². The number of rotatable bonds is 2. The summed E-state index contributed by atoms with van der Waals surface area (Å²) in [5.74, 6) is -3.01. The van der Waals surface area contributed by atoms with Gasteiger partial charge in [-0.15, -0.1) is 0 Å². The van der Waals surface area contributed by atoms with E-state index < -0.39 is 11.5 Å². The average Bonchev–Trinajstić information content (AvgIpc) is 3.01. The van der Waals surface area contributed by atoms with Crippen molar-refractivity contribution < 1.29 is 18.3 Å². The summed E-state index contributed by atoms with van der Waals surface area (Å²) >= 11 is 5.93. The molecule has 0 saturated carbocycles. The Morgan fingerprint density at radius 3 is 2.72 bits per heavy atom. The van der Waals surface area contributed by atoms with Crippen LogP contribution in [-0.2, 0) is 17.1 Å². The van der Waals surface area contributed by atoms with Gasteiger partial charge in [-0.25, -0.2) is 14.8 Å². The monoisotopic (exact) mass is 425 g/mol. The molecule has 10 heteroatoms. The van der Waals surface area contributed by atoms with Crippen LogP contribution >= 0.6 is 11.6 Å². The van der Waals surface area contributed by atoms with Gasteiger partial charge in [0.25, 0.3) is 5.92 Å². The van der Waals surface area contributed by atoms with Gasteiger partial charge in [0.15, 0.2) is 0 Å². The SMILES string of the molecule is CC(C)(C)OC(=O)N1CC(n2cc(-c3nc(Cl)nc4c3CCCC4(F)F)cn2)C1. The van der Waals surface area contributed by atoms with Crippen molar-refractivity contribution in [3.05, 3.63) is 28.9 Å². The molecule has 2 aromatic rings. The Bertz CT molecular complexity index is 951. The van der Waals surface area contributed by atoms with E-state index >= 15 is 0 Å². The van der Waals surface area contributed by atoms with Crippen LogP contribution in [-0.4, -0.2) is 49.4 Å². The molecule has 0 unspecified atom stereocenters. The molecule has 1 aliphatic carbocycles.